The number of aliphatic hydroxyl groups is 3. The first-order valence-corrected chi connectivity index (χ1v) is 16.0. The molecular weight excluding hydrogens is 514 g/mol. The Kier molecular flexibility index (Phi) is 12.7. The van der Waals surface area contributed by atoms with Crippen LogP contribution in [0, 0.1) is 17.8 Å². The summed E-state index contributed by atoms with van der Waals surface area (Å²) in [6, 6.07) is -0.580. The highest BCUT2D eigenvalue weighted by molar-refractivity contribution is 7.07. The van der Waals surface area contributed by atoms with Gasteiger partial charge in [0.05, 0.1) is 34.9 Å². The number of nitrogens with zero attached hydrogens (tertiary/aromatic N) is 2. The van der Waals surface area contributed by atoms with Gasteiger partial charge in [-0.2, -0.15) is 0 Å². The Bertz CT molecular complexity index is 868. The molecule has 4 atom stereocenters. The molecule has 0 unspecified atom stereocenters. The van der Waals surface area contributed by atoms with E-state index in [-0.39, 0.29) is 30.7 Å². The number of carbonyl (C=O) groups is 2. The molecule has 0 saturated heterocycles. The molecule has 222 valence electrons. The maximum absolute atomic E-state index is 13.7. The molecular formula is C30H51N3O5S. The molecule has 2 amide bonds. The summed E-state index contributed by atoms with van der Waals surface area (Å²) in [4.78, 5) is 32.9. The van der Waals surface area contributed by atoms with Crippen LogP contribution in [0.5, 0.6) is 0 Å². The lowest BCUT2D eigenvalue weighted by atomic mass is 9.82. The quantitative estimate of drug-likeness (QED) is 0.270. The van der Waals surface area contributed by atoms with Crippen molar-refractivity contribution >= 4 is 23.2 Å². The van der Waals surface area contributed by atoms with Gasteiger partial charge in [0.1, 0.15) is 6.10 Å². The fraction of sp³-hybridized carbons (Fsp3) is 0.833. The van der Waals surface area contributed by atoms with Crippen LogP contribution >= 0.6 is 11.3 Å². The highest BCUT2D eigenvalue weighted by Crippen LogP contribution is 2.30. The minimum Gasteiger partial charge on any atom is -0.390 e. The van der Waals surface area contributed by atoms with Crippen LogP contribution in [-0.2, 0) is 16.0 Å². The Morgan fingerprint density at radius 1 is 1.13 bits per heavy atom. The molecule has 0 radical (unpaired) electrons. The van der Waals surface area contributed by atoms with E-state index in [1.165, 1.54) is 17.8 Å². The third kappa shape index (κ3) is 10.4. The molecule has 0 bridgehead atoms. The van der Waals surface area contributed by atoms with Gasteiger partial charge < -0.3 is 25.5 Å². The Morgan fingerprint density at radius 3 is 2.41 bits per heavy atom. The number of likely N-dealkylation sites (N-methyl/N-ethyl adjacent to an activating group) is 1. The highest BCUT2D eigenvalue weighted by atomic mass is 32.1. The molecule has 0 spiro atoms. The van der Waals surface area contributed by atoms with Crippen LogP contribution in [0.4, 0.5) is 0 Å². The van der Waals surface area contributed by atoms with Crippen molar-refractivity contribution in [3.8, 4) is 0 Å². The van der Waals surface area contributed by atoms with Gasteiger partial charge in [0, 0.05) is 31.8 Å². The van der Waals surface area contributed by atoms with Gasteiger partial charge in [-0.15, -0.1) is 11.3 Å². The van der Waals surface area contributed by atoms with E-state index in [0.29, 0.717) is 38.0 Å². The van der Waals surface area contributed by atoms with Crippen LogP contribution < -0.4 is 5.32 Å². The van der Waals surface area contributed by atoms with Crippen molar-refractivity contribution in [1.82, 2.24) is 15.2 Å². The SMILES string of the molecule is CC(C)C[C@H](O)[C@H](O)[C@H](CC1CCCCC1)NC(=O)[C@@H](CC(=O)N(C)CC1(O)CCCCC1)Cc1cscn1. The van der Waals surface area contributed by atoms with Crippen molar-refractivity contribution in [3.63, 3.8) is 0 Å². The predicted molar refractivity (Wildman–Crippen MR) is 154 cm³/mol. The molecule has 1 heterocycles. The molecule has 39 heavy (non-hydrogen) atoms. The molecule has 2 aliphatic rings. The van der Waals surface area contributed by atoms with E-state index in [2.05, 4.69) is 10.3 Å². The predicted octanol–water partition coefficient (Wildman–Crippen LogP) is 4.07. The number of hydrogen-bond acceptors (Lipinski definition) is 7. The van der Waals surface area contributed by atoms with Gasteiger partial charge in [-0.25, -0.2) is 4.98 Å². The number of thiazole rings is 1. The van der Waals surface area contributed by atoms with Crippen molar-refractivity contribution < 1.29 is 24.9 Å². The second kappa shape index (κ2) is 15.5. The molecule has 1 aromatic rings. The minimum atomic E-state index is -1.07. The molecule has 4 N–H and O–H groups in total. The summed E-state index contributed by atoms with van der Waals surface area (Å²) in [5.74, 6) is -0.533. The fourth-order valence-corrected chi connectivity index (χ4v) is 6.94. The number of carbonyl (C=O) groups excluding carboxylic acids is 2. The molecule has 3 rings (SSSR count). The lowest BCUT2D eigenvalue weighted by molar-refractivity contribution is -0.139. The van der Waals surface area contributed by atoms with Crippen LogP contribution in [0.2, 0.25) is 0 Å². The summed E-state index contributed by atoms with van der Waals surface area (Å²) in [6.07, 6.45) is 9.42. The number of aliphatic hydroxyl groups excluding tert-OH is 2. The molecule has 2 saturated carbocycles. The van der Waals surface area contributed by atoms with E-state index >= 15 is 0 Å². The van der Waals surface area contributed by atoms with E-state index in [0.717, 1.165) is 50.6 Å². The molecule has 2 fully saturated rings. The van der Waals surface area contributed by atoms with Gasteiger partial charge in [0.2, 0.25) is 11.8 Å². The summed E-state index contributed by atoms with van der Waals surface area (Å²) in [5, 5.41) is 37.8. The molecule has 8 nitrogen and oxygen atoms in total. The molecule has 0 aromatic carbocycles. The zero-order valence-corrected chi connectivity index (χ0v) is 25.0. The second-order valence-corrected chi connectivity index (χ2v) is 13.4. The number of nitrogens with one attached hydrogen (secondary N) is 1. The third-order valence-corrected chi connectivity index (χ3v) is 9.27. The minimum absolute atomic E-state index is 0.00324. The van der Waals surface area contributed by atoms with E-state index < -0.39 is 29.8 Å². The number of amides is 2. The summed E-state index contributed by atoms with van der Waals surface area (Å²) in [5.41, 5.74) is 1.61. The first-order chi connectivity index (χ1) is 18.6. The van der Waals surface area contributed by atoms with Crippen LogP contribution in [0.1, 0.15) is 103 Å². The van der Waals surface area contributed by atoms with Crippen LogP contribution in [0.15, 0.2) is 10.9 Å². The van der Waals surface area contributed by atoms with Crippen LogP contribution in [-0.4, -0.2) is 74.5 Å². The van der Waals surface area contributed by atoms with Gasteiger partial charge in [-0.3, -0.25) is 9.59 Å². The van der Waals surface area contributed by atoms with Gasteiger partial charge in [-0.05, 0) is 37.5 Å². The smallest absolute Gasteiger partial charge is 0.224 e. The molecule has 1 aromatic heterocycles. The summed E-state index contributed by atoms with van der Waals surface area (Å²) in [6.45, 7) is 4.27. The van der Waals surface area contributed by atoms with Crippen molar-refractivity contribution in [1.29, 1.82) is 0 Å². The zero-order chi connectivity index (χ0) is 28.4. The van der Waals surface area contributed by atoms with Crippen molar-refractivity contribution in [2.24, 2.45) is 17.8 Å². The number of hydrogen-bond donors (Lipinski definition) is 4. The van der Waals surface area contributed by atoms with E-state index in [9.17, 15) is 24.9 Å². The third-order valence-electron chi connectivity index (χ3n) is 8.63. The Balaban J connectivity index is 1.72. The summed E-state index contributed by atoms with van der Waals surface area (Å²) in [7, 11) is 1.70. The van der Waals surface area contributed by atoms with Gasteiger partial charge in [-0.1, -0.05) is 65.2 Å². The monoisotopic (exact) mass is 565 g/mol. The standard InChI is InChI=1S/C30H51N3O5S/c1-21(2)14-26(34)28(36)25(15-22-10-6-4-7-11-22)32-29(37)23(16-24-18-39-20-31-24)17-27(35)33(3)19-30(38)12-8-5-9-13-30/h18,20-23,25-26,28,34,36,38H,4-17,19H2,1-3H3,(H,32,37)/t23-,25+,26+,28-/m1/s1. The average Bonchev–Trinajstić information content (AvgIpc) is 3.41. The van der Waals surface area contributed by atoms with Crippen molar-refractivity contribution in [2.45, 2.75) is 128 Å². The van der Waals surface area contributed by atoms with Crippen molar-refractivity contribution in [2.75, 3.05) is 13.6 Å². The molecule has 0 aliphatic heterocycles. The topological polar surface area (TPSA) is 123 Å². The second-order valence-electron chi connectivity index (χ2n) is 12.7. The lowest BCUT2D eigenvalue weighted by Crippen LogP contribution is -2.52. The van der Waals surface area contributed by atoms with Gasteiger partial charge in [0.25, 0.3) is 0 Å². The summed E-state index contributed by atoms with van der Waals surface area (Å²) < 4.78 is 0. The first kappa shape index (κ1) is 32.0. The van der Waals surface area contributed by atoms with E-state index in [1.54, 1.807) is 17.5 Å². The van der Waals surface area contributed by atoms with Crippen LogP contribution in [0.3, 0.4) is 0 Å². The van der Waals surface area contributed by atoms with Gasteiger partial charge >= 0.3 is 0 Å². The molecule has 9 heteroatoms. The maximum Gasteiger partial charge on any atom is 0.224 e. The summed E-state index contributed by atoms with van der Waals surface area (Å²) >= 11 is 1.45. The lowest BCUT2D eigenvalue weighted by Gasteiger charge is -2.36. The Labute approximate surface area is 238 Å². The average molecular weight is 566 g/mol. The zero-order valence-electron chi connectivity index (χ0n) is 24.2. The highest BCUT2D eigenvalue weighted by Gasteiger charge is 2.35. The van der Waals surface area contributed by atoms with Crippen molar-refractivity contribution in [3.05, 3.63) is 16.6 Å². The van der Waals surface area contributed by atoms with Gasteiger partial charge in [0.15, 0.2) is 0 Å². The number of aromatic nitrogens is 1. The maximum atomic E-state index is 13.7. The first-order valence-electron chi connectivity index (χ1n) is 15.1. The Morgan fingerprint density at radius 2 is 1.79 bits per heavy atom. The van der Waals surface area contributed by atoms with E-state index in [4.69, 9.17) is 0 Å². The Hall–Kier alpha value is -1.55. The number of rotatable bonds is 14. The normalized spacial score (nSPS) is 21.2. The fourth-order valence-electron chi connectivity index (χ4n) is 6.37. The van der Waals surface area contributed by atoms with E-state index in [1.807, 2.05) is 19.2 Å². The largest absolute Gasteiger partial charge is 0.390 e. The van der Waals surface area contributed by atoms with Crippen LogP contribution in [0.25, 0.3) is 0 Å². The molecule has 2 aliphatic carbocycles.